The Balaban J connectivity index is 1.85. The quantitative estimate of drug-likeness (QED) is 0.651. The Morgan fingerprint density at radius 2 is 2.23 bits per heavy atom. The predicted molar refractivity (Wildman–Crippen MR) is 82.0 cm³/mol. The highest BCUT2D eigenvalue weighted by Gasteiger charge is 2.13. The number of nitrogens with zero attached hydrogens (tertiary/aromatic N) is 3. The van der Waals surface area contributed by atoms with E-state index in [0.717, 1.165) is 5.69 Å². The van der Waals surface area contributed by atoms with Crippen molar-refractivity contribution in [3.63, 3.8) is 0 Å². The average Bonchev–Trinajstić information content (AvgIpc) is 2.84. The highest BCUT2D eigenvalue weighted by atomic mass is 35.5. The van der Waals surface area contributed by atoms with Gasteiger partial charge >= 0.3 is 6.03 Å². The van der Waals surface area contributed by atoms with Crippen LogP contribution in [0.2, 0.25) is 5.02 Å². The second kappa shape index (κ2) is 6.90. The summed E-state index contributed by atoms with van der Waals surface area (Å²) in [6, 6.07) is 5.46. The average molecular weight is 324 g/mol. The van der Waals surface area contributed by atoms with Gasteiger partial charge in [-0.05, 0) is 18.2 Å². The molecule has 0 unspecified atom stereocenters. The van der Waals surface area contributed by atoms with Gasteiger partial charge in [0.05, 0.1) is 4.92 Å². The number of hydrogen-bond donors (Lipinski definition) is 2. The van der Waals surface area contributed by atoms with E-state index in [1.165, 1.54) is 18.2 Å². The fourth-order valence-corrected chi connectivity index (χ4v) is 2.11. The molecule has 2 N–H and O–H groups in total. The van der Waals surface area contributed by atoms with Gasteiger partial charge in [-0.2, -0.15) is 5.10 Å². The van der Waals surface area contributed by atoms with Gasteiger partial charge in [0.1, 0.15) is 5.02 Å². The molecule has 8 nitrogen and oxygen atoms in total. The molecular weight excluding hydrogens is 310 g/mol. The number of aromatic nitrogens is 2. The Morgan fingerprint density at radius 3 is 2.82 bits per heavy atom. The third kappa shape index (κ3) is 3.95. The zero-order valence-corrected chi connectivity index (χ0v) is 12.5. The third-order valence-corrected chi connectivity index (χ3v) is 3.29. The molecule has 116 valence electrons. The summed E-state index contributed by atoms with van der Waals surface area (Å²) < 4.78 is 1.73. The van der Waals surface area contributed by atoms with Crippen LogP contribution in [0, 0.1) is 10.1 Å². The van der Waals surface area contributed by atoms with Crippen LogP contribution < -0.4 is 10.6 Å². The fourth-order valence-electron chi connectivity index (χ4n) is 1.86. The number of aryl methyl sites for hydroxylation is 1. The van der Waals surface area contributed by atoms with Crippen LogP contribution in [-0.4, -0.2) is 27.3 Å². The van der Waals surface area contributed by atoms with Crippen molar-refractivity contribution in [1.29, 1.82) is 0 Å². The maximum atomic E-state index is 11.7. The van der Waals surface area contributed by atoms with E-state index in [1.54, 1.807) is 10.9 Å². The summed E-state index contributed by atoms with van der Waals surface area (Å²) >= 11 is 5.77. The van der Waals surface area contributed by atoms with Gasteiger partial charge in [0.25, 0.3) is 5.69 Å². The fraction of sp³-hybridized carbons (Fsp3) is 0.231. The van der Waals surface area contributed by atoms with Gasteiger partial charge in [-0.1, -0.05) is 11.6 Å². The first-order valence-corrected chi connectivity index (χ1v) is 6.81. The molecule has 0 aliphatic rings. The lowest BCUT2D eigenvalue weighted by Crippen LogP contribution is -2.30. The van der Waals surface area contributed by atoms with Crippen LogP contribution in [0.3, 0.4) is 0 Å². The SMILES string of the molecule is Cn1nccc1CCNC(=O)Nc1ccc([N+](=O)[O-])c(Cl)c1. The van der Waals surface area contributed by atoms with E-state index in [1.807, 2.05) is 13.1 Å². The summed E-state index contributed by atoms with van der Waals surface area (Å²) in [6.45, 7) is 0.437. The van der Waals surface area contributed by atoms with Gasteiger partial charge in [0.2, 0.25) is 0 Å². The second-order valence-corrected chi connectivity index (χ2v) is 4.91. The normalized spacial score (nSPS) is 10.3. The van der Waals surface area contributed by atoms with Crippen molar-refractivity contribution in [2.24, 2.45) is 7.05 Å². The largest absolute Gasteiger partial charge is 0.337 e. The molecule has 0 atom stereocenters. The van der Waals surface area contributed by atoms with Gasteiger partial charge in [0, 0.05) is 43.7 Å². The van der Waals surface area contributed by atoms with Gasteiger partial charge in [-0.3, -0.25) is 14.8 Å². The van der Waals surface area contributed by atoms with Crippen LogP contribution in [0.25, 0.3) is 0 Å². The van der Waals surface area contributed by atoms with Crippen molar-refractivity contribution in [1.82, 2.24) is 15.1 Å². The highest BCUT2D eigenvalue weighted by molar-refractivity contribution is 6.33. The van der Waals surface area contributed by atoms with Crippen LogP contribution in [0.15, 0.2) is 30.5 Å². The van der Waals surface area contributed by atoms with E-state index in [2.05, 4.69) is 15.7 Å². The molecule has 0 aliphatic heterocycles. The molecule has 0 saturated heterocycles. The molecule has 22 heavy (non-hydrogen) atoms. The number of benzene rings is 1. The van der Waals surface area contributed by atoms with Crippen molar-refractivity contribution in [2.45, 2.75) is 6.42 Å². The van der Waals surface area contributed by atoms with Crippen LogP contribution >= 0.6 is 11.6 Å². The van der Waals surface area contributed by atoms with Gasteiger partial charge in [-0.15, -0.1) is 0 Å². The minimum Gasteiger partial charge on any atom is -0.337 e. The number of halogens is 1. The summed E-state index contributed by atoms with van der Waals surface area (Å²) in [6.07, 6.45) is 2.33. The van der Waals surface area contributed by atoms with Gasteiger partial charge in [0.15, 0.2) is 0 Å². The van der Waals surface area contributed by atoms with E-state index in [4.69, 9.17) is 11.6 Å². The number of nitrogens with one attached hydrogen (secondary N) is 2. The molecule has 0 fully saturated rings. The first kappa shape index (κ1) is 15.8. The smallest absolute Gasteiger partial charge is 0.319 e. The number of rotatable bonds is 5. The number of hydrogen-bond acceptors (Lipinski definition) is 4. The van der Waals surface area contributed by atoms with Crippen LogP contribution in [0.4, 0.5) is 16.2 Å². The topological polar surface area (TPSA) is 102 Å². The molecule has 0 aliphatic carbocycles. The van der Waals surface area contributed by atoms with Gasteiger partial charge < -0.3 is 10.6 Å². The first-order chi connectivity index (χ1) is 10.5. The van der Waals surface area contributed by atoms with Gasteiger partial charge in [-0.25, -0.2) is 4.79 Å². The first-order valence-electron chi connectivity index (χ1n) is 6.43. The summed E-state index contributed by atoms with van der Waals surface area (Å²) in [7, 11) is 1.83. The lowest BCUT2D eigenvalue weighted by Gasteiger charge is -2.08. The van der Waals surface area contributed by atoms with Crippen molar-refractivity contribution >= 4 is 29.0 Å². The molecule has 1 heterocycles. The second-order valence-electron chi connectivity index (χ2n) is 4.50. The standard InChI is InChI=1S/C13H14ClN5O3/c1-18-10(5-7-16-18)4-6-15-13(20)17-9-2-3-12(19(21)22)11(14)8-9/h2-3,5,7-8H,4,6H2,1H3,(H2,15,17,20). The Labute approximate surface area is 131 Å². The number of carbonyl (C=O) groups is 1. The molecular formula is C13H14ClN5O3. The van der Waals surface area contributed by atoms with Crippen molar-refractivity contribution in [3.8, 4) is 0 Å². The number of carbonyl (C=O) groups excluding carboxylic acids is 1. The highest BCUT2D eigenvalue weighted by Crippen LogP contribution is 2.27. The van der Waals surface area contributed by atoms with Crippen molar-refractivity contribution in [3.05, 3.63) is 51.3 Å². The summed E-state index contributed by atoms with van der Waals surface area (Å²) in [5.41, 5.74) is 1.18. The van der Waals surface area contributed by atoms with E-state index in [-0.39, 0.29) is 10.7 Å². The predicted octanol–water partition coefficient (Wildman–Crippen LogP) is 2.35. The molecule has 1 aromatic carbocycles. The molecule has 9 heteroatoms. The maximum Gasteiger partial charge on any atom is 0.319 e. The summed E-state index contributed by atoms with van der Waals surface area (Å²) in [4.78, 5) is 21.8. The number of nitro benzene ring substituents is 1. The molecule has 1 aromatic heterocycles. The monoisotopic (exact) mass is 323 g/mol. The van der Waals surface area contributed by atoms with E-state index >= 15 is 0 Å². The Hall–Kier alpha value is -2.61. The molecule has 2 amide bonds. The van der Waals surface area contributed by atoms with Crippen LogP contribution in [0.5, 0.6) is 0 Å². The van der Waals surface area contributed by atoms with Crippen LogP contribution in [0.1, 0.15) is 5.69 Å². The van der Waals surface area contributed by atoms with Crippen molar-refractivity contribution < 1.29 is 9.72 Å². The van der Waals surface area contributed by atoms with E-state index in [0.29, 0.717) is 18.7 Å². The molecule has 2 rings (SSSR count). The lowest BCUT2D eigenvalue weighted by atomic mass is 10.3. The molecule has 0 bridgehead atoms. The van der Waals surface area contributed by atoms with E-state index < -0.39 is 11.0 Å². The minimum atomic E-state index is -0.583. The third-order valence-electron chi connectivity index (χ3n) is 2.99. The Bertz CT molecular complexity index is 701. The Morgan fingerprint density at radius 1 is 1.45 bits per heavy atom. The molecule has 0 spiro atoms. The summed E-state index contributed by atoms with van der Waals surface area (Å²) in [5.74, 6) is 0. The van der Waals surface area contributed by atoms with Crippen molar-refractivity contribution in [2.75, 3.05) is 11.9 Å². The maximum absolute atomic E-state index is 11.7. The number of nitro groups is 1. The molecule has 0 saturated carbocycles. The Kier molecular flexibility index (Phi) is 4.95. The van der Waals surface area contributed by atoms with Crippen LogP contribution in [-0.2, 0) is 13.5 Å². The molecule has 2 aromatic rings. The number of amides is 2. The number of urea groups is 1. The summed E-state index contributed by atoms with van der Waals surface area (Å²) in [5, 5.41) is 19.9. The lowest BCUT2D eigenvalue weighted by molar-refractivity contribution is -0.384. The molecule has 0 radical (unpaired) electrons. The number of anilines is 1. The minimum absolute atomic E-state index is 0.0299. The zero-order valence-electron chi connectivity index (χ0n) is 11.7. The zero-order chi connectivity index (χ0) is 16.1. The van der Waals surface area contributed by atoms with E-state index in [9.17, 15) is 14.9 Å².